The van der Waals surface area contributed by atoms with Crippen LogP contribution in [0.15, 0.2) is 11.1 Å². The van der Waals surface area contributed by atoms with Gasteiger partial charge in [0.2, 0.25) is 15.9 Å². The number of aromatic amines is 1. The summed E-state index contributed by atoms with van der Waals surface area (Å²) in [6.45, 7) is 0.00657. The van der Waals surface area contributed by atoms with Gasteiger partial charge in [-0.05, 0) is 0 Å². The van der Waals surface area contributed by atoms with Gasteiger partial charge in [0.15, 0.2) is 0 Å². The number of hydrogen-bond acceptors (Lipinski definition) is 5. The van der Waals surface area contributed by atoms with Crippen LogP contribution in [0.2, 0.25) is 0 Å². The van der Waals surface area contributed by atoms with Crippen molar-refractivity contribution in [3.8, 4) is 0 Å². The van der Waals surface area contributed by atoms with Crippen molar-refractivity contribution in [2.45, 2.75) is 11.3 Å². The van der Waals surface area contributed by atoms with Crippen molar-refractivity contribution in [2.75, 3.05) is 19.3 Å². The van der Waals surface area contributed by atoms with Crippen molar-refractivity contribution in [1.29, 1.82) is 0 Å². The Morgan fingerprint density at radius 1 is 1.62 bits per heavy atom. The highest BCUT2D eigenvalue weighted by molar-refractivity contribution is 7.89. The maximum Gasteiger partial charge on any atom is 0.245 e. The first-order chi connectivity index (χ1) is 7.47. The molecule has 0 saturated carbocycles. The van der Waals surface area contributed by atoms with Crippen molar-refractivity contribution in [1.82, 2.24) is 20.2 Å². The summed E-state index contributed by atoms with van der Waals surface area (Å²) in [7, 11) is -2.22. The Bertz CT molecular complexity index is 466. The molecule has 0 aliphatic rings. The molecule has 8 nitrogen and oxygen atoms in total. The van der Waals surface area contributed by atoms with Gasteiger partial charge in [-0.3, -0.25) is 9.89 Å². The summed E-state index contributed by atoms with van der Waals surface area (Å²) in [5.41, 5.74) is 5.37. The highest BCUT2D eigenvalue weighted by atomic mass is 32.2. The maximum absolute atomic E-state index is 11.6. The number of nitrogens with two attached hydrogens (primary N) is 1. The van der Waals surface area contributed by atoms with Crippen LogP contribution in [0, 0.1) is 0 Å². The van der Waals surface area contributed by atoms with Gasteiger partial charge < -0.3 is 11.1 Å². The van der Waals surface area contributed by atoms with Gasteiger partial charge in [-0.25, -0.2) is 13.1 Å². The van der Waals surface area contributed by atoms with Gasteiger partial charge in [-0.15, -0.1) is 0 Å². The first-order valence-electron chi connectivity index (χ1n) is 4.46. The van der Waals surface area contributed by atoms with Crippen molar-refractivity contribution in [3.05, 3.63) is 6.20 Å². The number of nitrogens with zero attached hydrogens (tertiary/aromatic N) is 1. The molecule has 0 aliphatic carbocycles. The molecular weight excluding hydrogens is 234 g/mol. The molecule has 90 valence electrons. The minimum Gasteiger partial charge on any atom is -0.383 e. The van der Waals surface area contributed by atoms with Crippen LogP contribution in [-0.2, 0) is 14.8 Å². The smallest absolute Gasteiger partial charge is 0.245 e. The van der Waals surface area contributed by atoms with Gasteiger partial charge in [0.1, 0.15) is 10.7 Å². The molecule has 0 bridgehead atoms. The summed E-state index contributed by atoms with van der Waals surface area (Å²) in [6.07, 6.45) is 1.17. The van der Waals surface area contributed by atoms with Crippen LogP contribution in [0.25, 0.3) is 0 Å². The number of carbonyl (C=O) groups is 1. The lowest BCUT2D eigenvalue weighted by Crippen LogP contribution is -2.29. The Hall–Kier alpha value is -1.61. The molecule has 0 saturated heterocycles. The number of amides is 1. The molecule has 1 amide bonds. The Balaban J connectivity index is 2.60. The van der Waals surface area contributed by atoms with E-state index in [1.54, 1.807) is 0 Å². The topological polar surface area (TPSA) is 130 Å². The van der Waals surface area contributed by atoms with Crippen molar-refractivity contribution >= 4 is 21.7 Å². The third-order valence-corrected chi connectivity index (χ3v) is 3.33. The summed E-state index contributed by atoms with van der Waals surface area (Å²) in [5, 5.41) is 8.19. The van der Waals surface area contributed by atoms with Gasteiger partial charge in [0.05, 0.1) is 6.20 Å². The number of nitrogens with one attached hydrogen (secondary N) is 3. The fourth-order valence-corrected chi connectivity index (χ4v) is 2.05. The van der Waals surface area contributed by atoms with Crippen molar-refractivity contribution in [3.63, 3.8) is 0 Å². The zero-order chi connectivity index (χ0) is 12.2. The summed E-state index contributed by atoms with van der Waals surface area (Å²) < 4.78 is 25.4. The van der Waals surface area contributed by atoms with Gasteiger partial charge >= 0.3 is 0 Å². The number of H-pyrrole nitrogens is 1. The fraction of sp³-hybridized carbons (Fsp3) is 0.429. The Labute approximate surface area is 92.7 Å². The van der Waals surface area contributed by atoms with Gasteiger partial charge in [-0.2, -0.15) is 5.10 Å². The van der Waals surface area contributed by atoms with E-state index in [4.69, 9.17) is 5.73 Å². The van der Waals surface area contributed by atoms with Crippen LogP contribution >= 0.6 is 0 Å². The molecule has 0 radical (unpaired) electrons. The molecule has 0 unspecified atom stereocenters. The molecule has 0 aliphatic heterocycles. The first-order valence-corrected chi connectivity index (χ1v) is 5.95. The molecule has 9 heteroatoms. The second kappa shape index (κ2) is 4.94. The highest BCUT2D eigenvalue weighted by Gasteiger charge is 2.18. The molecule has 1 heterocycles. The molecule has 1 aromatic heterocycles. The normalized spacial score (nSPS) is 11.3. The third kappa shape index (κ3) is 2.94. The lowest BCUT2D eigenvalue weighted by Gasteiger charge is -2.04. The Morgan fingerprint density at radius 3 is 2.81 bits per heavy atom. The second-order valence-electron chi connectivity index (χ2n) is 2.97. The molecule has 1 aromatic rings. The van der Waals surface area contributed by atoms with Gasteiger partial charge in [0.25, 0.3) is 0 Å². The predicted octanol–water partition coefficient (Wildman–Crippen LogP) is -1.59. The number of rotatable bonds is 5. The van der Waals surface area contributed by atoms with Crippen molar-refractivity contribution in [2.24, 2.45) is 0 Å². The van der Waals surface area contributed by atoms with E-state index in [9.17, 15) is 13.2 Å². The maximum atomic E-state index is 11.6. The lowest BCUT2D eigenvalue weighted by molar-refractivity contribution is -0.120. The molecule has 0 fully saturated rings. The highest BCUT2D eigenvalue weighted by Crippen LogP contribution is 2.12. The number of aromatic nitrogens is 2. The molecule has 0 atom stereocenters. The molecule has 5 N–H and O–H groups in total. The second-order valence-corrected chi connectivity index (χ2v) is 4.70. The number of sulfonamides is 1. The number of nitrogen functional groups attached to an aromatic ring is 1. The fourth-order valence-electron chi connectivity index (χ4n) is 1.00. The number of hydrogen-bond donors (Lipinski definition) is 4. The van der Waals surface area contributed by atoms with Crippen molar-refractivity contribution < 1.29 is 13.2 Å². The van der Waals surface area contributed by atoms with Crippen LogP contribution in [-0.4, -0.2) is 38.1 Å². The molecule has 0 aromatic carbocycles. The SMILES string of the molecule is CNC(=O)CCNS(=O)(=O)c1cn[nH]c1N. The minimum absolute atomic E-state index is 0.00657. The Morgan fingerprint density at radius 2 is 2.31 bits per heavy atom. The quantitative estimate of drug-likeness (QED) is 0.498. The first kappa shape index (κ1) is 12.5. The van der Waals surface area contributed by atoms with Gasteiger partial charge in [-0.1, -0.05) is 0 Å². The molecular formula is C7H13N5O3S. The number of anilines is 1. The zero-order valence-electron chi connectivity index (χ0n) is 8.65. The monoisotopic (exact) mass is 247 g/mol. The lowest BCUT2D eigenvalue weighted by atomic mass is 10.4. The van der Waals surface area contributed by atoms with Crippen LogP contribution in [0.1, 0.15) is 6.42 Å². The van der Waals surface area contributed by atoms with Crippen LogP contribution in [0.5, 0.6) is 0 Å². The summed E-state index contributed by atoms with van der Waals surface area (Å²) in [4.78, 5) is 10.7. The summed E-state index contributed by atoms with van der Waals surface area (Å²) in [5.74, 6) is -0.282. The average molecular weight is 247 g/mol. The van der Waals surface area contributed by atoms with E-state index < -0.39 is 10.0 Å². The summed E-state index contributed by atoms with van der Waals surface area (Å²) >= 11 is 0. The van der Waals surface area contributed by atoms with E-state index in [-0.39, 0.29) is 29.6 Å². The minimum atomic E-state index is -3.70. The molecule has 1 rings (SSSR count). The van der Waals surface area contributed by atoms with E-state index in [0.717, 1.165) is 6.20 Å². The van der Waals surface area contributed by atoms with E-state index in [2.05, 4.69) is 20.2 Å². The van der Waals surface area contributed by atoms with Crippen LogP contribution in [0.4, 0.5) is 5.82 Å². The Kier molecular flexibility index (Phi) is 3.85. The van der Waals surface area contributed by atoms with E-state index in [1.807, 2.05) is 0 Å². The largest absolute Gasteiger partial charge is 0.383 e. The number of carbonyl (C=O) groups excluding carboxylic acids is 1. The predicted molar refractivity (Wildman–Crippen MR) is 56.9 cm³/mol. The molecule has 16 heavy (non-hydrogen) atoms. The standard InChI is InChI=1S/C7H13N5O3S/c1-9-6(13)2-3-11-16(14,15)5-4-10-12-7(5)8/h4,11H,2-3H2,1H3,(H,9,13)(H3,8,10,12). The average Bonchev–Trinajstić information content (AvgIpc) is 2.64. The van der Waals surface area contributed by atoms with Crippen LogP contribution < -0.4 is 15.8 Å². The molecule has 0 spiro atoms. The summed E-state index contributed by atoms with van der Waals surface area (Å²) in [6, 6.07) is 0. The van der Waals surface area contributed by atoms with E-state index >= 15 is 0 Å². The van der Waals surface area contributed by atoms with E-state index in [1.165, 1.54) is 7.05 Å². The van der Waals surface area contributed by atoms with Gasteiger partial charge in [0, 0.05) is 20.0 Å². The van der Waals surface area contributed by atoms with E-state index in [0.29, 0.717) is 0 Å². The third-order valence-electron chi connectivity index (χ3n) is 1.84. The van der Waals surface area contributed by atoms with Crippen LogP contribution in [0.3, 0.4) is 0 Å². The zero-order valence-corrected chi connectivity index (χ0v) is 9.47.